The van der Waals surface area contributed by atoms with Crippen LogP contribution in [0.15, 0.2) is 40.2 Å². The number of nitrogens with zero attached hydrogens (tertiary/aromatic N) is 3. The van der Waals surface area contributed by atoms with Gasteiger partial charge in [0.1, 0.15) is 11.4 Å². The van der Waals surface area contributed by atoms with Crippen LogP contribution in [0.3, 0.4) is 0 Å². The SMILES string of the molecule is [C-]#[N+][C@H]1CCCC[C@@H]1n1nc(Nc2ccc3c(c2)CCS3(=O)=O)c2c(=O)[nH]ccc21. The van der Waals surface area contributed by atoms with Crippen LogP contribution in [-0.2, 0) is 16.3 Å². The Morgan fingerprint density at radius 2 is 2.07 bits per heavy atom. The van der Waals surface area contributed by atoms with E-state index in [1.54, 1.807) is 18.3 Å². The first kappa shape index (κ1) is 18.9. The second-order valence-corrected chi connectivity index (χ2v) is 10.0. The van der Waals surface area contributed by atoms with Crippen molar-refractivity contribution >= 4 is 32.2 Å². The first-order valence-corrected chi connectivity index (χ1v) is 11.7. The molecule has 1 aromatic carbocycles. The minimum Gasteiger partial charge on any atom is -0.338 e. The highest BCUT2D eigenvalue weighted by Gasteiger charge is 2.34. The third-order valence-electron chi connectivity index (χ3n) is 6.10. The molecule has 0 saturated heterocycles. The summed E-state index contributed by atoms with van der Waals surface area (Å²) in [5.41, 5.74) is 1.91. The van der Waals surface area contributed by atoms with Gasteiger partial charge in [-0.15, -0.1) is 0 Å². The minimum atomic E-state index is -3.19. The number of fused-ring (bicyclic) bond motifs is 2. The van der Waals surface area contributed by atoms with E-state index in [0.29, 0.717) is 33.7 Å². The Bertz CT molecular complexity index is 1350. The molecule has 1 aliphatic heterocycles. The molecule has 9 heteroatoms. The van der Waals surface area contributed by atoms with Gasteiger partial charge in [-0.1, -0.05) is 6.42 Å². The average molecular weight is 423 g/mol. The monoisotopic (exact) mass is 423 g/mol. The number of aromatic nitrogens is 3. The van der Waals surface area contributed by atoms with Crippen molar-refractivity contribution in [2.45, 2.75) is 49.1 Å². The van der Waals surface area contributed by atoms with E-state index in [9.17, 15) is 13.2 Å². The lowest BCUT2D eigenvalue weighted by Crippen LogP contribution is -2.26. The molecule has 0 bridgehead atoms. The minimum absolute atomic E-state index is 0.0683. The van der Waals surface area contributed by atoms with E-state index in [-0.39, 0.29) is 23.4 Å². The number of hydrogen-bond acceptors (Lipinski definition) is 5. The summed E-state index contributed by atoms with van der Waals surface area (Å²) in [6.07, 6.45) is 5.84. The number of rotatable bonds is 3. The molecule has 0 radical (unpaired) electrons. The number of aromatic amines is 1. The Balaban J connectivity index is 1.59. The molecule has 1 saturated carbocycles. The topological polar surface area (TPSA) is 101 Å². The van der Waals surface area contributed by atoms with E-state index in [0.717, 1.165) is 31.2 Å². The maximum atomic E-state index is 12.6. The summed E-state index contributed by atoms with van der Waals surface area (Å²) in [6.45, 7) is 7.57. The summed E-state index contributed by atoms with van der Waals surface area (Å²) >= 11 is 0. The van der Waals surface area contributed by atoms with E-state index in [4.69, 9.17) is 11.7 Å². The standard InChI is InChI=1S/C21H21N5O3S/c1-22-15-4-2-3-5-16(15)26-17-8-10-23-21(27)19(17)20(25-26)24-14-6-7-18-13(12-14)9-11-30(18,28)29/h6-8,10,12,15-16H,2-5,9,11H2,(H,23,27)(H,24,25)/t15-,16-/m0/s1. The number of hydrogen-bond donors (Lipinski definition) is 2. The van der Waals surface area contributed by atoms with Gasteiger partial charge in [0.05, 0.1) is 16.2 Å². The van der Waals surface area contributed by atoms with Gasteiger partial charge in [-0.25, -0.2) is 15.0 Å². The molecule has 2 N–H and O–H groups in total. The Kier molecular flexibility index (Phi) is 4.40. The lowest BCUT2D eigenvalue weighted by molar-refractivity contribution is 0.321. The maximum absolute atomic E-state index is 12.6. The fraction of sp³-hybridized carbons (Fsp3) is 0.381. The third-order valence-corrected chi connectivity index (χ3v) is 7.91. The summed E-state index contributed by atoms with van der Waals surface area (Å²) in [5.74, 6) is 0.546. The van der Waals surface area contributed by atoms with Gasteiger partial charge in [0.2, 0.25) is 6.04 Å². The smallest absolute Gasteiger partial charge is 0.261 e. The first-order chi connectivity index (χ1) is 14.5. The summed E-state index contributed by atoms with van der Waals surface area (Å²) in [6, 6.07) is 6.72. The van der Waals surface area contributed by atoms with Crippen molar-refractivity contribution < 1.29 is 8.42 Å². The average Bonchev–Trinajstić information content (AvgIpc) is 3.26. The molecule has 2 aromatic heterocycles. The summed E-state index contributed by atoms with van der Waals surface area (Å²) in [7, 11) is -3.19. The number of benzene rings is 1. The molecule has 5 rings (SSSR count). The second-order valence-electron chi connectivity index (χ2n) is 7.92. The van der Waals surface area contributed by atoms with Crippen LogP contribution < -0.4 is 10.9 Å². The predicted octanol–water partition coefficient (Wildman–Crippen LogP) is 3.20. The Morgan fingerprint density at radius 1 is 1.23 bits per heavy atom. The Hall–Kier alpha value is -3.12. The van der Waals surface area contributed by atoms with Crippen LogP contribution in [0.4, 0.5) is 11.5 Å². The summed E-state index contributed by atoms with van der Waals surface area (Å²) < 4.78 is 26.0. The van der Waals surface area contributed by atoms with Crippen molar-refractivity contribution in [3.05, 3.63) is 57.8 Å². The molecular formula is C21H21N5O3S. The molecule has 8 nitrogen and oxygen atoms in total. The van der Waals surface area contributed by atoms with Gasteiger partial charge in [-0.2, -0.15) is 5.10 Å². The molecule has 2 atom stereocenters. The Morgan fingerprint density at radius 3 is 2.90 bits per heavy atom. The Labute approximate surface area is 173 Å². The van der Waals surface area contributed by atoms with Crippen LogP contribution in [0.1, 0.15) is 37.3 Å². The van der Waals surface area contributed by atoms with E-state index in [1.807, 2.05) is 16.8 Å². The quantitative estimate of drug-likeness (QED) is 0.630. The van der Waals surface area contributed by atoms with Crippen molar-refractivity contribution in [3.8, 4) is 0 Å². The highest BCUT2D eigenvalue weighted by Crippen LogP contribution is 2.35. The number of aryl methyl sites for hydroxylation is 1. The molecular weight excluding hydrogens is 402 g/mol. The zero-order valence-electron chi connectivity index (χ0n) is 16.3. The lowest BCUT2D eigenvalue weighted by Gasteiger charge is -2.24. The van der Waals surface area contributed by atoms with Crippen LogP contribution in [0.25, 0.3) is 15.7 Å². The van der Waals surface area contributed by atoms with Crippen LogP contribution >= 0.6 is 0 Å². The van der Waals surface area contributed by atoms with Crippen molar-refractivity contribution in [1.29, 1.82) is 0 Å². The lowest BCUT2D eigenvalue weighted by atomic mass is 9.91. The molecule has 2 aliphatic rings. The van der Waals surface area contributed by atoms with Crippen LogP contribution in [-0.4, -0.2) is 35.0 Å². The summed E-state index contributed by atoms with van der Waals surface area (Å²) in [5, 5.41) is 8.37. The van der Waals surface area contributed by atoms with Gasteiger partial charge >= 0.3 is 0 Å². The molecule has 0 amide bonds. The molecule has 0 spiro atoms. The van der Waals surface area contributed by atoms with Gasteiger partial charge < -0.3 is 15.1 Å². The van der Waals surface area contributed by atoms with E-state index in [2.05, 4.69) is 15.1 Å². The number of anilines is 2. The summed E-state index contributed by atoms with van der Waals surface area (Å²) in [4.78, 5) is 19.5. The van der Waals surface area contributed by atoms with Crippen molar-refractivity contribution in [1.82, 2.24) is 14.8 Å². The molecule has 1 aliphatic carbocycles. The number of H-pyrrole nitrogens is 1. The zero-order valence-corrected chi connectivity index (χ0v) is 17.1. The van der Waals surface area contributed by atoms with Gasteiger partial charge in [0.15, 0.2) is 15.7 Å². The fourth-order valence-electron chi connectivity index (χ4n) is 4.61. The van der Waals surface area contributed by atoms with E-state index in [1.165, 1.54) is 0 Å². The number of pyridine rings is 1. The zero-order chi connectivity index (χ0) is 20.9. The predicted molar refractivity (Wildman–Crippen MR) is 114 cm³/mol. The van der Waals surface area contributed by atoms with E-state index >= 15 is 0 Å². The van der Waals surface area contributed by atoms with Gasteiger partial charge in [-0.3, -0.25) is 9.48 Å². The molecule has 0 unspecified atom stereocenters. The highest BCUT2D eigenvalue weighted by molar-refractivity contribution is 7.91. The highest BCUT2D eigenvalue weighted by atomic mass is 32.2. The van der Waals surface area contributed by atoms with Crippen LogP contribution in [0.5, 0.6) is 0 Å². The normalized spacial score (nSPS) is 22.5. The van der Waals surface area contributed by atoms with Crippen LogP contribution in [0, 0.1) is 6.57 Å². The van der Waals surface area contributed by atoms with Crippen molar-refractivity contribution in [3.63, 3.8) is 0 Å². The first-order valence-electron chi connectivity index (χ1n) is 10.1. The van der Waals surface area contributed by atoms with Gasteiger partial charge in [0.25, 0.3) is 5.56 Å². The third kappa shape index (κ3) is 2.99. The molecule has 3 aromatic rings. The second kappa shape index (κ2) is 6.99. The fourth-order valence-corrected chi connectivity index (χ4v) is 6.16. The maximum Gasteiger partial charge on any atom is 0.261 e. The van der Waals surface area contributed by atoms with Gasteiger partial charge in [0, 0.05) is 18.3 Å². The largest absolute Gasteiger partial charge is 0.338 e. The molecule has 1 fully saturated rings. The molecule has 3 heterocycles. The van der Waals surface area contributed by atoms with Crippen LogP contribution in [0.2, 0.25) is 0 Å². The molecule has 154 valence electrons. The van der Waals surface area contributed by atoms with E-state index < -0.39 is 9.84 Å². The number of sulfone groups is 1. The van der Waals surface area contributed by atoms with Crippen molar-refractivity contribution in [2.24, 2.45) is 0 Å². The number of nitrogens with one attached hydrogen (secondary N) is 2. The van der Waals surface area contributed by atoms with Gasteiger partial charge in [-0.05, 0) is 49.1 Å². The molecule has 30 heavy (non-hydrogen) atoms. The van der Waals surface area contributed by atoms with Crippen molar-refractivity contribution in [2.75, 3.05) is 11.1 Å².